The molecule has 0 aliphatic carbocycles. The van der Waals surface area contributed by atoms with E-state index in [0.29, 0.717) is 12.0 Å². The van der Waals surface area contributed by atoms with Crippen molar-refractivity contribution in [2.75, 3.05) is 6.54 Å². The summed E-state index contributed by atoms with van der Waals surface area (Å²) in [7, 11) is 0. The average Bonchev–Trinajstić information content (AvgIpc) is 2.67. The fraction of sp³-hybridized carbons (Fsp3) is 0.667. The van der Waals surface area contributed by atoms with Crippen molar-refractivity contribution in [3.63, 3.8) is 0 Å². The highest BCUT2D eigenvalue weighted by molar-refractivity contribution is 5.17. The Morgan fingerprint density at radius 1 is 1.44 bits per heavy atom. The monoisotopic (exact) mass is 220 g/mol. The van der Waals surface area contributed by atoms with Gasteiger partial charge < -0.3 is 0 Å². The van der Waals surface area contributed by atoms with E-state index in [1.54, 1.807) is 6.20 Å². The molecule has 0 saturated heterocycles. The van der Waals surface area contributed by atoms with Gasteiger partial charge in [-0.05, 0) is 26.3 Å². The zero-order valence-electron chi connectivity index (χ0n) is 10.4. The number of nitrogens with zero attached hydrogens (tertiary/aromatic N) is 3. The van der Waals surface area contributed by atoms with Gasteiger partial charge in [-0.3, -0.25) is 10.00 Å². The van der Waals surface area contributed by atoms with Crippen molar-refractivity contribution < 1.29 is 0 Å². The maximum atomic E-state index is 9.09. The van der Waals surface area contributed by atoms with E-state index in [-0.39, 0.29) is 6.04 Å². The van der Waals surface area contributed by atoms with E-state index in [2.05, 4.69) is 44.2 Å². The molecule has 88 valence electrons. The van der Waals surface area contributed by atoms with Crippen molar-refractivity contribution in [1.82, 2.24) is 15.1 Å². The molecule has 4 heteroatoms. The summed E-state index contributed by atoms with van der Waals surface area (Å²) in [6, 6.07) is 2.34. The number of hydrogen-bond donors (Lipinski definition) is 1. The van der Waals surface area contributed by atoms with Crippen LogP contribution >= 0.6 is 0 Å². The molecule has 0 aliphatic rings. The van der Waals surface area contributed by atoms with Crippen LogP contribution < -0.4 is 5.32 Å². The normalized spacial score (nSPS) is 13.1. The average molecular weight is 220 g/mol. The minimum atomic E-state index is -0.255. The first kappa shape index (κ1) is 12.7. The maximum Gasteiger partial charge on any atom is 0.124 e. The predicted molar refractivity (Wildman–Crippen MR) is 63.8 cm³/mol. The van der Waals surface area contributed by atoms with Crippen molar-refractivity contribution in [1.29, 1.82) is 5.26 Å². The van der Waals surface area contributed by atoms with Crippen LogP contribution in [0.3, 0.4) is 0 Å². The number of nitrogens with one attached hydrogen (secondary N) is 1. The first-order valence-electron chi connectivity index (χ1n) is 5.71. The molecular formula is C12H20N4. The van der Waals surface area contributed by atoms with Gasteiger partial charge in [0.1, 0.15) is 6.04 Å². The van der Waals surface area contributed by atoms with Crippen molar-refractivity contribution in [3.8, 4) is 6.07 Å². The number of nitriles is 1. The van der Waals surface area contributed by atoms with E-state index in [1.807, 2.05) is 10.9 Å². The van der Waals surface area contributed by atoms with Crippen LogP contribution in [0.15, 0.2) is 12.4 Å². The van der Waals surface area contributed by atoms with Crippen molar-refractivity contribution in [2.24, 2.45) is 5.92 Å². The van der Waals surface area contributed by atoms with Crippen LogP contribution in [-0.4, -0.2) is 16.3 Å². The molecule has 1 N–H and O–H groups in total. The van der Waals surface area contributed by atoms with Crippen LogP contribution in [-0.2, 0) is 0 Å². The Balaban J connectivity index is 2.68. The summed E-state index contributed by atoms with van der Waals surface area (Å²) >= 11 is 0. The quantitative estimate of drug-likeness (QED) is 0.828. The summed E-state index contributed by atoms with van der Waals surface area (Å²) in [5, 5.41) is 16.6. The van der Waals surface area contributed by atoms with Gasteiger partial charge in [0.2, 0.25) is 0 Å². The molecular weight excluding hydrogens is 200 g/mol. The molecule has 1 unspecified atom stereocenters. The Labute approximate surface area is 97.3 Å². The van der Waals surface area contributed by atoms with E-state index < -0.39 is 0 Å². The standard InChI is InChI=1S/C12H20N4/c1-9(2)6-14-12(5-13)11-7-15-16(8-11)10(3)4/h7-10,12,14H,6H2,1-4H3. The van der Waals surface area contributed by atoms with E-state index in [0.717, 1.165) is 12.1 Å². The van der Waals surface area contributed by atoms with Crippen molar-refractivity contribution >= 4 is 0 Å². The Morgan fingerprint density at radius 3 is 2.56 bits per heavy atom. The van der Waals surface area contributed by atoms with Crippen LogP contribution in [0.1, 0.15) is 45.3 Å². The maximum absolute atomic E-state index is 9.09. The zero-order valence-corrected chi connectivity index (χ0v) is 10.4. The zero-order chi connectivity index (χ0) is 12.1. The topological polar surface area (TPSA) is 53.6 Å². The summed E-state index contributed by atoms with van der Waals surface area (Å²) < 4.78 is 1.87. The predicted octanol–water partition coefficient (Wildman–Crippen LogP) is 2.27. The molecule has 1 atom stereocenters. The van der Waals surface area contributed by atoms with Gasteiger partial charge in [-0.25, -0.2) is 0 Å². The lowest BCUT2D eigenvalue weighted by molar-refractivity contribution is 0.519. The summed E-state index contributed by atoms with van der Waals surface area (Å²) in [5.74, 6) is 0.538. The van der Waals surface area contributed by atoms with Crippen LogP contribution in [0.2, 0.25) is 0 Å². The SMILES string of the molecule is CC(C)CNC(C#N)c1cnn(C(C)C)c1. The lowest BCUT2D eigenvalue weighted by Gasteiger charge is -2.11. The minimum absolute atomic E-state index is 0.255. The number of hydrogen-bond acceptors (Lipinski definition) is 3. The van der Waals surface area contributed by atoms with Gasteiger partial charge in [-0.1, -0.05) is 13.8 Å². The molecule has 4 nitrogen and oxygen atoms in total. The lowest BCUT2D eigenvalue weighted by atomic mass is 10.1. The molecule has 0 radical (unpaired) electrons. The fourth-order valence-electron chi connectivity index (χ4n) is 1.38. The lowest BCUT2D eigenvalue weighted by Crippen LogP contribution is -2.24. The van der Waals surface area contributed by atoms with Gasteiger partial charge in [-0.15, -0.1) is 0 Å². The van der Waals surface area contributed by atoms with E-state index in [4.69, 9.17) is 5.26 Å². The fourth-order valence-corrected chi connectivity index (χ4v) is 1.38. The molecule has 0 fully saturated rings. The largest absolute Gasteiger partial charge is 0.298 e. The third-order valence-corrected chi connectivity index (χ3v) is 2.34. The Bertz CT molecular complexity index is 359. The molecule has 0 saturated carbocycles. The second-order valence-corrected chi connectivity index (χ2v) is 4.71. The summed E-state index contributed by atoms with van der Waals surface area (Å²) in [5.41, 5.74) is 0.942. The number of aromatic nitrogens is 2. The Kier molecular flexibility index (Phi) is 4.51. The van der Waals surface area contributed by atoms with Crippen molar-refractivity contribution in [2.45, 2.75) is 39.8 Å². The third kappa shape index (κ3) is 3.35. The summed E-state index contributed by atoms with van der Waals surface area (Å²) in [6.07, 6.45) is 3.70. The Morgan fingerprint density at radius 2 is 2.12 bits per heavy atom. The second-order valence-electron chi connectivity index (χ2n) is 4.71. The van der Waals surface area contributed by atoms with Gasteiger partial charge in [0, 0.05) is 17.8 Å². The summed E-state index contributed by atoms with van der Waals surface area (Å²) in [6.45, 7) is 9.22. The molecule has 1 heterocycles. The van der Waals surface area contributed by atoms with Crippen LogP contribution in [0.4, 0.5) is 0 Å². The van der Waals surface area contributed by atoms with E-state index in [9.17, 15) is 0 Å². The van der Waals surface area contributed by atoms with Crippen LogP contribution in [0.25, 0.3) is 0 Å². The smallest absolute Gasteiger partial charge is 0.124 e. The minimum Gasteiger partial charge on any atom is -0.298 e. The molecule has 0 bridgehead atoms. The van der Waals surface area contributed by atoms with Crippen LogP contribution in [0, 0.1) is 17.2 Å². The molecule has 0 amide bonds. The van der Waals surface area contributed by atoms with Gasteiger partial charge in [0.05, 0.1) is 12.3 Å². The summed E-state index contributed by atoms with van der Waals surface area (Å²) in [4.78, 5) is 0. The molecule has 0 aromatic carbocycles. The molecule has 0 spiro atoms. The first-order chi connectivity index (χ1) is 7.54. The van der Waals surface area contributed by atoms with Gasteiger partial charge in [-0.2, -0.15) is 10.4 Å². The molecule has 1 rings (SSSR count). The van der Waals surface area contributed by atoms with Crippen LogP contribution in [0.5, 0.6) is 0 Å². The van der Waals surface area contributed by atoms with Gasteiger partial charge in [0.25, 0.3) is 0 Å². The molecule has 0 aliphatic heterocycles. The van der Waals surface area contributed by atoms with E-state index in [1.165, 1.54) is 0 Å². The highest BCUT2D eigenvalue weighted by Crippen LogP contribution is 2.13. The third-order valence-electron chi connectivity index (χ3n) is 2.34. The molecule has 1 aromatic rings. The molecule has 16 heavy (non-hydrogen) atoms. The van der Waals surface area contributed by atoms with Gasteiger partial charge >= 0.3 is 0 Å². The van der Waals surface area contributed by atoms with Gasteiger partial charge in [0.15, 0.2) is 0 Å². The second kappa shape index (κ2) is 5.66. The number of rotatable bonds is 5. The highest BCUT2D eigenvalue weighted by atomic mass is 15.3. The van der Waals surface area contributed by atoms with Crippen molar-refractivity contribution in [3.05, 3.63) is 18.0 Å². The Hall–Kier alpha value is -1.34. The molecule has 1 aromatic heterocycles. The van der Waals surface area contributed by atoms with E-state index >= 15 is 0 Å². The first-order valence-corrected chi connectivity index (χ1v) is 5.71. The highest BCUT2D eigenvalue weighted by Gasteiger charge is 2.13.